The van der Waals surface area contributed by atoms with Crippen LogP contribution in [-0.2, 0) is 16.4 Å². The van der Waals surface area contributed by atoms with Gasteiger partial charge in [-0.2, -0.15) is 4.31 Å². The number of aromatic nitrogens is 1. The minimum absolute atomic E-state index is 0.0146. The maximum Gasteiger partial charge on any atom is 0.243 e. The molecule has 1 saturated heterocycles. The molecule has 0 atom stereocenters. The fraction of sp³-hybridized carbons (Fsp3) is 0.348. The van der Waals surface area contributed by atoms with E-state index in [9.17, 15) is 12.8 Å². The van der Waals surface area contributed by atoms with Gasteiger partial charge in [-0.3, -0.25) is 0 Å². The molecular weight excluding hydrogens is 517 g/mol. The number of benzene rings is 2. The molecule has 0 unspecified atom stereocenters. The first kappa shape index (κ1) is 25.5. The molecule has 0 spiro atoms. The summed E-state index contributed by atoms with van der Waals surface area (Å²) in [5.41, 5.74) is 1.85. The average molecular weight is 542 g/mol. The van der Waals surface area contributed by atoms with Crippen molar-refractivity contribution in [2.75, 3.05) is 52.4 Å². The number of thiazole rings is 1. The van der Waals surface area contributed by atoms with Crippen LogP contribution in [-0.4, -0.2) is 65.2 Å². The van der Waals surface area contributed by atoms with Gasteiger partial charge in [-0.25, -0.2) is 17.8 Å². The summed E-state index contributed by atoms with van der Waals surface area (Å²) >= 11 is 7.29. The summed E-state index contributed by atoms with van der Waals surface area (Å²) in [5.74, 6) is 1.05. The molecule has 188 valence electrons. The molecule has 0 aliphatic carbocycles. The molecule has 1 aromatic heterocycles. The molecule has 1 fully saturated rings. The molecule has 0 radical (unpaired) electrons. The molecule has 2 heterocycles. The number of hydrogen-bond donors (Lipinski definition) is 0. The lowest BCUT2D eigenvalue weighted by Crippen LogP contribution is -2.48. The molecular formula is C23H25ClFN3O5S2. The smallest absolute Gasteiger partial charge is 0.243 e. The van der Waals surface area contributed by atoms with Gasteiger partial charge in [-0.15, -0.1) is 11.3 Å². The van der Waals surface area contributed by atoms with E-state index in [0.29, 0.717) is 49.8 Å². The highest BCUT2D eigenvalue weighted by molar-refractivity contribution is 7.89. The predicted molar refractivity (Wildman–Crippen MR) is 133 cm³/mol. The Morgan fingerprint density at radius 1 is 1.03 bits per heavy atom. The fourth-order valence-electron chi connectivity index (χ4n) is 3.88. The fourth-order valence-corrected chi connectivity index (χ4v) is 6.45. The number of methoxy groups -OCH3 is 3. The molecule has 0 N–H and O–H groups in total. The highest BCUT2D eigenvalue weighted by Crippen LogP contribution is 2.39. The molecule has 2 aromatic carbocycles. The number of rotatable bonds is 8. The molecule has 0 saturated carbocycles. The van der Waals surface area contributed by atoms with Crippen LogP contribution in [0.15, 0.2) is 40.6 Å². The number of piperazine rings is 1. The van der Waals surface area contributed by atoms with Crippen molar-refractivity contribution >= 4 is 38.1 Å². The first-order valence-electron chi connectivity index (χ1n) is 10.7. The maximum absolute atomic E-state index is 13.4. The zero-order chi connectivity index (χ0) is 25.2. The lowest BCUT2D eigenvalue weighted by molar-refractivity contribution is 0.324. The first-order chi connectivity index (χ1) is 16.8. The monoisotopic (exact) mass is 541 g/mol. The number of halogens is 2. The van der Waals surface area contributed by atoms with Gasteiger partial charge < -0.3 is 19.1 Å². The van der Waals surface area contributed by atoms with E-state index in [2.05, 4.69) is 4.90 Å². The Morgan fingerprint density at radius 3 is 2.26 bits per heavy atom. The molecule has 0 bridgehead atoms. The quantitative estimate of drug-likeness (QED) is 0.425. The van der Waals surface area contributed by atoms with Crippen molar-refractivity contribution in [2.24, 2.45) is 0 Å². The first-order valence-corrected chi connectivity index (χ1v) is 13.4. The number of hydrogen-bond acceptors (Lipinski definition) is 8. The third-order valence-electron chi connectivity index (χ3n) is 5.69. The van der Waals surface area contributed by atoms with Crippen LogP contribution in [0.5, 0.6) is 17.2 Å². The van der Waals surface area contributed by atoms with Crippen LogP contribution in [0.4, 0.5) is 9.52 Å². The third-order valence-corrected chi connectivity index (χ3v) is 8.82. The number of ether oxygens (including phenoxy) is 3. The van der Waals surface area contributed by atoms with E-state index in [1.807, 2.05) is 17.5 Å². The summed E-state index contributed by atoms with van der Waals surface area (Å²) in [6.45, 7) is 1.56. The maximum atomic E-state index is 13.4. The number of nitrogens with zero attached hydrogens (tertiary/aromatic N) is 3. The van der Waals surface area contributed by atoms with Gasteiger partial charge in [0.2, 0.25) is 15.8 Å². The Hall–Kier alpha value is -2.60. The van der Waals surface area contributed by atoms with Gasteiger partial charge in [0.15, 0.2) is 16.6 Å². The van der Waals surface area contributed by atoms with E-state index < -0.39 is 15.8 Å². The Labute approximate surface area is 212 Å². The van der Waals surface area contributed by atoms with Crippen molar-refractivity contribution in [3.63, 3.8) is 0 Å². The molecule has 1 aliphatic heterocycles. The molecule has 4 rings (SSSR count). The van der Waals surface area contributed by atoms with E-state index >= 15 is 0 Å². The van der Waals surface area contributed by atoms with Gasteiger partial charge in [0.05, 0.1) is 36.9 Å². The van der Waals surface area contributed by atoms with Crippen molar-refractivity contribution < 1.29 is 27.0 Å². The van der Waals surface area contributed by atoms with Crippen LogP contribution in [0, 0.1) is 5.82 Å². The highest BCUT2D eigenvalue weighted by atomic mass is 35.5. The Morgan fingerprint density at radius 2 is 1.69 bits per heavy atom. The van der Waals surface area contributed by atoms with Gasteiger partial charge >= 0.3 is 0 Å². The van der Waals surface area contributed by atoms with Gasteiger partial charge in [-0.05, 0) is 35.9 Å². The van der Waals surface area contributed by atoms with Crippen LogP contribution >= 0.6 is 22.9 Å². The van der Waals surface area contributed by atoms with Crippen molar-refractivity contribution in [1.29, 1.82) is 0 Å². The van der Waals surface area contributed by atoms with Crippen molar-refractivity contribution in [3.05, 3.63) is 57.8 Å². The van der Waals surface area contributed by atoms with Gasteiger partial charge in [0, 0.05) is 38.0 Å². The average Bonchev–Trinajstić information content (AvgIpc) is 3.33. The summed E-state index contributed by atoms with van der Waals surface area (Å²) in [4.78, 5) is 6.80. The summed E-state index contributed by atoms with van der Waals surface area (Å²) in [7, 11) is 0.957. The second kappa shape index (κ2) is 10.6. The number of anilines is 1. The lowest BCUT2D eigenvalue weighted by Gasteiger charge is -2.33. The SMILES string of the molecule is COc1cc(Cc2csc(N3CCN(S(=O)(=O)c4ccc(F)c(Cl)c4)CC3)n2)cc(OC)c1OC. The molecule has 35 heavy (non-hydrogen) atoms. The molecule has 0 amide bonds. The Kier molecular flexibility index (Phi) is 7.70. The highest BCUT2D eigenvalue weighted by Gasteiger charge is 2.30. The van der Waals surface area contributed by atoms with Gasteiger partial charge in [-0.1, -0.05) is 11.6 Å². The van der Waals surface area contributed by atoms with Crippen LogP contribution in [0.3, 0.4) is 0 Å². The molecule has 3 aromatic rings. The van der Waals surface area contributed by atoms with Gasteiger partial charge in [0.1, 0.15) is 5.82 Å². The summed E-state index contributed by atoms with van der Waals surface area (Å²) in [6, 6.07) is 7.24. The Bertz CT molecular complexity index is 1290. The van der Waals surface area contributed by atoms with Crippen LogP contribution in [0.1, 0.15) is 11.3 Å². The largest absolute Gasteiger partial charge is 0.493 e. The van der Waals surface area contributed by atoms with Gasteiger partial charge in [0.25, 0.3) is 0 Å². The standard InChI is InChI=1S/C23H25ClFN3O5S2/c1-31-20-11-15(12-21(32-2)22(20)33-3)10-16-14-34-23(26-16)27-6-8-28(9-7-27)35(29,30)17-4-5-19(25)18(24)13-17/h4-5,11-14H,6-10H2,1-3H3. The van der Waals surface area contributed by atoms with Crippen LogP contribution in [0.2, 0.25) is 5.02 Å². The minimum atomic E-state index is -3.76. The molecule has 1 aliphatic rings. The minimum Gasteiger partial charge on any atom is -0.493 e. The van der Waals surface area contributed by atoms with Crippen molar-refractivity contribution in [1.82, 2.24) is 9.29 Å². The predicted octanol–water partition coefficient (Wildman–Crippen LogP) is 4.06. The zero-order valence-electron chi connectivity index (χ0n) is 19.5. The normalized spacial score (nSPS) is 14.7. The summed E-state index contributed by atoms with van der Waals surface area (Å²) in [6.07, 6.45) is 0.576. The van der Waals surface area contributed by atoms with Crippen LogP contribution in [0.25, 0.3) is 0 Å². The second-order valence-electron chi connectivity index (χ2n) is 7.80. The van der Waals surface area contributed by atoms with E-state index in [1.165, 1.54) is 21.7 Å². The van der Waals surface area contributed by atoms with E-state index in [-0.39, 0.29) is 9.92 Å². The molecule has 12 heteroatoms. The van der Waals surface area contributed by atoms with Crippen molar-refractivity contribution in [2.45, 2.75) is 11.3 Å². The van der Waals surface area contributed by atoms with E-state index in [4.69, 9.17) is 30.8 Å². The Balaban J connectivity index is 1.43. The topological polar surface area (TPSA) is 81.2 Å². The number of sulfonamides is 1. The van der Waals surface area contributed by atoms with E-state index in [1.54, 1.807) is 21.3 Å². The third kappa shape index (κ3) is 5.32. The molecule has 8 nitrogen and oxygen atoms in total. The zero-order valence-corrected chi connectivity index (χ0v) is 21.8. The lowest BCUT2D eigenvalue weighted by atomic mass is 10.1. The van der Waals surface area contributed by atoms with E-state index in [0.717, 1.165) is 28.5 Å². The summed E-state index contributed by atoms with van der Waals surface area (Å²) < 4.78 is 56.9. The summed E-state index contributed by atoms with van der Waals surface area (Å²) in [5, 5.41) is 2.60. The second-order valence-corrected chi connectivity index (χ2v) is 11.0. The van der Waals surface area contributed by atoms with Crippen LogP contribution < -0.4 is 19.1 Å². The van der Waals surface area contributed by atoms with Crippen molar-refractivity contribution in [3.8, 4) is 17.2 Å².